The number of nitrogens with zero attached hydrogens (tertiary/aromatic N) is 2. The molecule has 0 saturated carbocycles. The SMILES string of the molecule is CCC(=O)NCCCCCc1nc2ccccc2n1CCCc1ccccc1. The molecule has 0 aliphatic rings. The molecule has 0 fully saturated rings. The number of hydrogen-bond acceptors (Lipinski definition) is 2. The average molecular weight is 378 g/mol. The number of rotatable bonds is 11. The van der Waals surface area contributed by atoms with Crippen molar-refractivity contribution in [2.45, 2.75) is 58.4 Å². The van der Waals surface area contributed by atoms with E-state index in [0.29, 0.717) is 6.42 Å². The number of fused-ring (bicyclic) bond motifs is 1. The smallest absolute Gasteiger partial charge is 0.219 e. The van der Waals surface area contributed by atoms with Crippen LogP contribution < -0.4 is 5.32 Å². The number of aryl methyl sites for hydroxylation is 3. The van der Waals surface area contributed by atoms with Crippen LogP contribution in [-0.4, -0.2) is 22.0 Å². The van der Waals surface area contributed by atoms with Crippen LogP contribution in [0.25, 0.3) is 11.0 Å². The van der Waals surface area contributed by atoms with Crippen LogP contribution in [0.3, 0.4) is 0 Å². The second-order valence-electron chi connectivity index (χ2n) is 7.27. The number of amides is 1. The molecule has 4 nitrogen and oxygen atoms in total. The summed E-state index contributed by atoms with van der Waals surface area (Å²) in [5.74, 6) is 1.33. The van der Waals surface area contributed by atoms with Crippen molar-refractivity contribution < 1.29 is 4.79 Å². The van der Waals surface area contributed by atoms with E-state index in [1.807, 2.05) is 6.92 Å². The van der Waals surface area contributed by atoms with Gasteiger partial charge in [0, 0.05) is 25.9 Å². The molecule has 0 bridgehead atoms. The molecule has 3 aromatic rings. The number of carbonyl (C=O) groups excluding carboxylic acids is 1. The van der Waals surface area contributed by atoms with E-state index in [1.165, 1.54) is 16.9 Å². The van der Waals surface area contributed by atoms with E-state index in [-0.39, 0.29) is 5.91 Å². The Morgan fingerprint density at radius 2 is 1.71 bits per heavy atom. The van der Waals surface area contributed by atoms with Gasteiger partial charge >= 0.3 is 0 Å². The Morgan fingerprint density at radius 3 is 2.54 bits per heavy atom. The van der Waals surface area contributed by atoms with Crippen molar-refractivity contribution in [3.8, 4) is 0 Å². The van der Waals surface area contributed by atoms with E-state index < -0.39 is 0 Å². The zero-order valence-electron chi connectivity index (χ0n) is 16.9. The number of hydrogen-bond donors (Lipinski definition) is 1. The lowest BCUT2D eigenvalue weighted by atomic mass is 10.1. The zero-order chi connectivity index (χ0) is 19.6. The summed E-state index contributed by atoms with van der Waals surface area (Å²) in [6, 6.07) is 19.1. The molecule has 4 heteroatoms. The molecule has 0 atom stereocenters. The first-order chi connectivity index (χ1) is 13.8. The standard InChI is InChI=1S/C24H31N3O/c1-2-24(28)25-18-10-4-7-17-23-26-21-15-8-9-16-22(21)27(23)19-11-14-20-12-5-3-6-13-20/h3,5-6,8-9,12-13,15-16H,2,4,7,10-11,14,17-19H2,1H3,(H,25,28). The zero-order valence-corrected chi connectivity index (χ0v) is 16.9. The monoisotopic (exact) mass is 377 g/mol. The summed E-state index contributed by atoms with van der Waals surface area (Å²) in [6.45, 7) is 3.66. The van der Waals surface area contributed by atoms with E-state index in [0.717, 1.165) is 57.1 Å². The molecular formula is C24H31N3O. The lowest BCUT2D eigenvalue weighted by Gasteiger charge is -2.10. The normalized spacial score (nSPS) is 11.0. The molecule has 1 aromatic heterocycles. The van der Waals surface area contributed by atoms with Gasteiger partial charge in [-0.2, -0.15) is 0 Å². The fraction of sp³-hybridized carbons (Fsp3) is 0.417. The highest BCUT2D eigenvalue weighted by Gasteiger charge is 2.10. The number of imidazole rings is 1. The molecule has 1 heterocycles. The lowest BCUT2D eigenvalue weighted by molar-refractivity contribution is -0.120. The van der Waals surface area contributed by atoms with Gasteiger partial charge in [-0.1, -0.05) is 55.8 Å². The Labute approximate surface area is 168 Å². The van der Waals surface area contributed by atoms with Crippen LogP contribution >= 0.6 is 0 Å². The van der Waals surface area contributed by atoms with Gasteiger partial charge in [-0.15, -0.1) is 0 Å². The fourth-order valence-electron chi connectivity index (χ4n) is 3.59. The summed E-state index contributed by atoms with van der Waals surface area (Å²) in [4.78, 5) is 16.2. The van der Waals surface area contributed by atoms with Crippen molar-refractivity contribution in [3.05, 3.63) is 66.0 Å². The van der Waals surface area contributed by atoms with Gasteiger partial charge in [0.1, 0.15) is 5.82 Å². The predicted molar refractivity (Wildman–Crippen MR) is 115 cm³/mol. The molecule has 0 aliphatic heterocycles. The summed E-state index contributed by atoms with van der Waals surface area (Å²) in [5, 5.41) is 2.95. The summed E-state index contributed by atoms with van der Waals surface area (Å²) in [6.07, 6.45) is 6.99. The van der Waals surface area contributed by atoms with Gasteiger partial charge in [-0.05, 0) is 43.4 Å². The van der Waals surface area contributed by atoms with Crippen LogP contribution in [0.4, 0.5) is 0 Å². The van der Waals surface area contributed by atoms with Crippen LogP contribution in [0.1, 0.15) is 50.4 Å². The van der Waals surface area contributed by atoms with E-state index >= 15 is 0 Å². The Hall–Kier alpha value is -2.62. The van der Waals surface area contributed by atoms with Crippen LogP contribution in [0.15, 0.2) is 54.6 Å². The minimum atomic E-state index is 0.139. The topological polar surface area (TPSA) is 46.9 Å². The average Bonchev–Trinajstić information content (AvgIpc) is 3.08. The molecule has 3 rings (SSSR count). The van der Waals surface area contributed by atoms with Gasteiger partial charge < -0.3 is 9.88 Å². The van der Waals surface area contributed by atoms with Crippen LogP contribution in [0, 0.1) is 0 Å². The van der Waals surface area contributed by atoms with E-state index in [2.05, 4.69) is 64.5 Å². The largest absolute Gasteiger partial charge is 0.356 e. The van der Waals surface area contributed by atoms with Crippen LogP contribution in [0.5, 0.6) is 0 Å². The van der Waals surface area contributed by atoms with E-state index in [9.17, 15) is 4.79 Å². The summed E-state index contributed by atoms with van der Waals surface area (Å²) < 4.78 is 2.40. The number of carbonyl (C=O) groups is 1. The second kappa shape index (κ2) is 10.6. The molecule has 28 heavy (non-hydrogen) atoms. The van der Waals surface area contributed by atoms with Gasteiger partial charge in [-0.3, -0.25) is 4.79 Å². The van der Waals surface area contributed by atoms with Gasteiger partial charge in [0.15, 0.2) is 0 Å². The molecule has 0 spiro atoms. The molecule has 0 radical (unpaired) electrons. The Balaban J connectivity index is 1.55. The van der Waals surface area contributed by atoms with E-state index in [4.69, 9.17) is 4.98 Å². The van der Waals surface area contributed by atoms with Crippen molar-refractivity contribution in [2.24, 2.45) is 0 Å². The summed E-state index contributed by atoms with van der Waals surface area (Å²) in [7, 11) is 0. The molecule has 2 aromatic carbocycles. The van der Waals surface area contributed by atoms with Gasteiger partial charge in [0.25, 0.3) is 0 Å². The third-order valence-electron chi connectivity index (χ3n) is 5.14. The number of benzene rings is 2. The molecule has 0 aliphatic carbocycles. The third-order valence-corrected chi connectivity index (χ3v) is 5.14. The summed E-state index contributed by atoms with van der Waals surface area (Å²) in [5.41, 5.74) is 3.72. The van der Waals surface area contributed by atoms with Gasteiger partial charge in [-0.25, -0.2) is 4.98 Å². The first-order valence-electron chi connectivity index (χ1n) is 10.5. The number of para-hydroxylation sites is 2. The summed E-state index contributed by atoms with van der Waals surface area (Å²) >= 11 is 0. The number of nitrogens with one attached hydrogen (secondary N) is 1. The maximum atomic E-state index is 11.3. The molecule has 1 N–H and O–H groups in total. The highest BCUT2D eigenvalue weighted by atomic mass is 16.1. The Kier molecular flexibility index (Phi) is 7.65. The molecule has 148 valence electrons. The second-order valence-corrected chi connectivity index (χ2v) is 7.27. The quantitative estimate of drug-likeness (QED) is 0.483. The highest BCUT2D eigenvalue weighted by Crippen LogP contribution is 2.19. The van der Waals surface area contributed by atoms with Crippen molar-refractivity contribution >= 4 is 16.9 Å². The maximum Gasteiger partial charge on any atom is 0.219 e. The van der Waals surface area contributed by atoms with Crippen molar-refractivity contribution in [2.75, 3.05) is 6.54 Å². The van der Waals surface area contributed by atoms with Crippen molar-refractivity contribution in [3.63, 3.8) is 0 Å². The first kappa shape index (κ1) is 20.1. The minimum Gasteiger partial charge on any atom is -0.356 e. The predicted octanol–water partition coefficient (Wildman–Crippen LogP) is 4.91. The Bertz CT molecular complexity index is 870. The fourth-order valence-corrected chi connectivity index (χ4v) is 3.59. The minimum absolute atomic E-state index is 0.139. The number of unbranched alkanes of at least 4 members (excludes halogenated alkanes) is 2. The molecule has 0 unspecified atom stereocenters. The first-order valence-corrected chi connectivity index (χ1v) is 10.5. The highest BCUT2D eigenvalue weighted by molar-refractivity contribution is 5.76. The van der Waals surface area contributed by atoms with Crippen molar-refractivity contribution in [1.82, 2.24) is 14.9 Å². The van der Waals surface area contributed by atoms with Crippen molar-refractivity contribution in [1.29, 1.82) is 0 Å². The van der Waals surface area contributed by atoms with Crippen LogP contribution in [0.2, 0.25) is 0 Å². The van der Waals surface area contributed by atoms with Gasteiger partial charge in [0.2, 0.25) is 5.91 Å². The molecule has 0 saturated heterocycles. The molecule has 1 amide bonds. The third kappa shape index (κ3) is 5.69. The molecular weight excluding hydrogens is 346 g/mol. The number of aromatic nitrogens is 2. The Morgan fingerprint density at radius 1 is 0.929 bits per heavy atom. The lowest BCUT2D eigenvalue weighted by Crippen LogP contribution is -2.23. The van der Waals surface area contributed by atoms with Crippen LogP contribution in [-0.2, 0) is 24.2 Å². The van der Waals surface area contributed by atoms with E-state index in [1.54, 1.807) is 0 Å². The maximum absolute atomic E-state index is 11.3. The van der Waals surface area contributed by atoms with Gasteiger partial charge in [0.05, 0.1) is 11.0 Å².